The largest absolute Gasteiger partial charge is 0.357 e. The van der Waals surface area contributed by atoms with Crippen LogP contribution in [-0.2, 0) is 22.1 Å². The van der Waals surface area contributed by atoms with Crippen molar-refractivity contribution in [2.45, 2.75) is 37.3 Å². The van der Waals surface area contributed by atoms with E-state index in [1.165, 1.54) is 24.9 Å². The van der Waals surface area contributed by atoms with Gasteiger partial charge in [-0.05, 0) is 36.6 Å². The Kier molecular flexibility index (Phi) is 10.2. The van der Waals surface area contributed by atoms with Crippen molar-refractivity contribution in [1.82, 2.24) is 10.6 Å². The molecule has 25 heavy (non-hydrogen) atoms. The lowest BCUT2D eigenvalue weighted by molar-refractivity contribution is 0.601. The number of rotatable bonds is 7. The number of hydrogen-bond acceptors (Lipinski definition) is 4. The number of hydrogen-bond donors (Lipinski definition) is 2. The minimum atomic E-state index is -2.99. The fourth-order valence-corrected chi connectivity index (χ4v) is 4.57. The van der Waals surface area contributed by atoms with Gasteiger partial charge in [0, 0.05) is 24.6 Å². The molecule has 0 spiro atoms. The lowest BCUT2D eigenvalue weighted by atomic mass is 10.1. The predicted molar refractivity (Wildman–Crippen MR) is 119 cm³/mol. The SMILES string of the molecule is CCNC(=NCc1ccc(CS(C)(=O)=O)cc1)NCC1CCCS1.I. The Labute approximate surface area is 172 Å². The predicted octanol–water partition coefficient (Wildman–Crippen LogP) is 2.80. The molecule has 5 nitrogen and oxygen atoms in total. The number of aliphatic imine (C=N–C) groups is 1. The van der Waals surface area contributed by atoms with Crippen molar-refractivity contribution >= 4 is 51.5 Å². The van der Waals surface area contributed by atoms with Gasteiger partial charge in [0.2, 0.25) is 0 Å². The second-order valence-electron chi connectivity index (χ2n) is 6.10. The van der Waals surface area contributed by atoms with E-state index in [1.54, 1.807) is 0 Å². The van der Waals surface area contributed by atoms with Gasteiger partial charge < -0.3 is 10.6 Å². The molecule has 1 aliphatic rings. The maximum atomic E-state index is 11.3. The van der Waals surface area contributed by atoms with Gasteiger partial charge in [-0.3, -0.25) is 0 Å². The third-order valence-corrected chi connectivity index (χ3v) is 5.99. The molecule has 1 aromatic rings. The van der Waals surface area contributed by atoms with Crippen molar-refractivity contribution in [1.29, 1.82) is 0 Å². The van der Waals surface area contributed by atoms with Crippen LogP contribution in [0, 0.1) is 0 Å². The summed E-state index contributed by atoms with van der Waals surface area (Å²) in [4.78, 5) is 4.62. The number of sulfone groups is 1. The van der Waals surface area contributed by atoms with Crippen LogP contribution >= 0.6 is 35.7 Å². The highest BCUT2D eigenvalue weighted by molar-refractivity contribution is 14.0. The molecule has 2 N–H and O–H groups in total. The van der Waals surface area contributed by atoms with Crippen molar-refractivity contribution < 1.29 is 8.42 Å². The van der Waals surface area contributed by atoms with E-state index < -0.39 is 9.84 Å². The van der Waals surface area contributed by atoms with Gasteiger partial charge in [-0.1, -0.05) is 24.3 Å². The average molecular weight is 497 g/mol. The van der Waals surface area contributed by atoms with E-state index in [0.29, 0.717) is 11.8 Å². The minimum absolute atomic E-state index is 0. The highest BCUT2D eigenvalue weighted by atomic mass is 127. The van der Waals surface area contributed by atoms with Gasteiger partial charge in [-0.2, -0.15) is 11.8 Å². The number of guanidine groups is 1. The van der Waals surface area contributed by atoms with Crippen molar-refractivity contribution in [2.24, 2.45) is 4.99 Å². The summed E-state index contributed by atoms with van der Waals surface area (Å²) in [5.74, 6) is 2.19. The fraction of sp³-hybridized carbons (Fsp3) is 0.588. The van der Waals surface area contributed by atoms with Gasteiger partial charge >= 0.3 is 0 Å². The summed E-state index contributed by atoms with van der Waals surface area (Å²) in [7, 11) is -2.99. The van der Waals surface area contributed by atoms with Crippen LogP contribution < -0.4 is 10.6 Å². The number of halogens is 1. The first kappa shape index (κ1) is 22.6. The van der Waals surface area contributed by atoms with Crippen molar-refractivity contribution in [2.75, 3.05) is 25.1 Å². The van der Waals surface area contributed by atoms with Crippen LogP contribution in [0.5, 0.6) is 0 Å². The zero-order valence-electron chi connectivity index (χ0n) is 14.8. The summed E-state index contributed by atoms with van der Waals surface area (Å²) in [6.07, 6.45) is 3.84. The molecule has 8 heteroatoms. The minimum Gasteiger partial charge on any atom is -0.357 e. The lowest BCUT2D eigenvalue weighted by Crippen LogP contribution is -2.40. The van der Waals surface area contributed by atoms with Gasteiger partial charge in [0.1, 0.15) is 0 Å². The molecule has 0 amide bonds. The molecule has 1 heterocycles. The second-order valence-corrected chi connectivity index (χ2v) is 9.65. The van der Waals surface area contributed by atoms with E-state index in [4.69, 9.17) is 0 Å². The van der Waals surface area contributed by atoms with Crippen LogP contribution in [0.2, 0.25) is 0 Å². The van der Waals surface area contributed by atoms with E-state index in [0.717, 1.165) is 30.2 Å². The monoisotopic (exact) mass is 497 g/mol. The summed E-state index contributed by atoms with van der Waals surface area (Å²) < 4.78 is 22.6. The lowest BCUT2D eigenvalue weighted by Gasteiger charge is -2.14. The number of nitrogens with zero attached hydrogens (tertiary/aromatic N) is 1. The molecule has 1 unspecified atom stereocenters. The van der Waals surface area contributed by atoms with E-state index in [9.17, 15) is 8.42 Å². The van der Waals surface area contributed by atoms with Gasteiger partial charge in [-0.25, -0.2) is 13.4 Å². The summed E-state index contributed by atoms with van der Waals surface area (Å²) in [5.41, 5.74) is 1.88. The summed E-state index contributed by atoms with van der Waals surface area (Å²) in [5, 5.41) is 7.37. The summed E-state index contributed by atoms with van der Waals surface area (Å²) in [6, 6.07) is 7.61. The van der Waals surface area contributed by atoms with Crippen LogP contribution in [0.25, 0.3) is 0 Å². The molecule has 1 fully saturated rings. The van der Waals surface area contributed by atoms with Gasteiger partial charge in [-0.15, -0.1) is 24.0 Å². The quantitative estimate of drug-likeness (QED) is 0.345. The van der Waals surface area contributed by atoms with Crippen LogP contribution in [0.15, 0.2) is 29.3 Å². The van der Waals surface area contributed by atoms with Gasteiger partial charge in [0.25, 0.3) is 0 Å². The second kappa shape index (κ2) is 11.3. The zero-order chi connectivity index (χ0) is 17.4. The Morgan fingerprint density at radius 3 is 2.48 bits per heavy atom. The Bertz CT molecular complexity index is 642. The summed E-state index contributed by atoms with van der Waals surface area (Å²) in [6.45, 7) is 4.41. The van der Waals surface area contributed by atoms with Crippen LogP contribution in [0.4, 0.5) is 0 Å². The third-order valence-electron chi connectivity index (χ3n) is 3.74. The molecular formula is C17H28IN3O2S2. The maximum Gasteiger partial charge on any atom is 0.191 e. The number of nitrogens with one attached hydrogen (secondary N) is 2. The Balaban J connectivity index is 0.00000312. The third kappa shape index (κ3) is 9.14. The Morgan fingerprint density at radius 1 is 1.24 bits per heavy atom. The molecule has 142 valence electrons. The van der Waals surface area contributed by atoms with Gasteiger partial charge in [0.05, 0.1) is 12.3 Å². The maximum absolute atomic E-state index is 11.3. The van der Waals surface area contributed by atoms with Crippen molar-refractivity contribution in [3.8, 4) is 0 Å². The molecule has 1 aromatic carbocycles. The number of benzene rings is 1. The van der Waals surface area contributed by atoms with E-state index in [-0.39, 0.29) is 29.7 Å². The molecule has 0 aromatic heterocycles. The molecule has 0 radical (unpaired) electrons. The molecule has 0 aliphatic carbocycles. The Morgan fingerprint density at radius 2 is 1.92 bits per heavy atom. The normalized spacial score (nSPS) is 17.8. The first-order valence-corrected chi connectivity index (χ1v) is 11.5. The zero-order valence-corrected chi connectivity index (χ0v) is 18.8. The van der Waals surface area contributed by atoms with E-state index in [2.05, 4.69) is 22.5 Å². The number of thioether (sulfide) groups is 1. The van der Waals surface area contributed by atoms with Crippen molar-refractivity contribution in [3.63, 3.8) is 0 Å². The van der Waals surface area contributed by atoms with Crippen molar-refractivity contribution in [3.05, 3.63) is 35.4 Å². The standard InChI is InChI=1S/C17H27N3O2S2.HI/c1-3-18-17(20-12-16-5-4-10-23-16)19-11-14-6-8-15(9-7-14)13-24(2,21)22;/h6-9,16H,3-5,10-13H2,1-2H3,(H2,18,19,20);1H. The molecule has 1 saturated heterocycles. The topological polar surface area (TPSA) is 70.6 Å². The molecule has 0 saturated carbocycles. The summed E-state index contributed by atoms with van der Waals surface area (Å²) >= 11 is 2.03. The smallest absolute Gasteiger partial charge is 0.191 e. The molecule has 1 aliphatic heterocycles. The fourth-order valence-electron chi connectivity index (χ4n) is 2.57. The van der Waals surface area contributed by atoms with Crippen LogP contribution in [0.1, 0.15) is 30.9 Å². The van der Waals surface area contributed by atoms with E-state index in [1.807, 2.05) is 36.0 Å². The average Bonchev–Trinajstić information content (AvgIpc) is 3.03. The Hall–Kier alpha value is -0.480. The molecule has 1 atom stereocenters. The van der Waals surface area contributed by atoms with Crippen LogP contribution in [-0.4, -0.2) is 44.7 Å². The highest BCUT2D eigenvalue weighted by Crippen LogP contribution is 2.25. The first-order valence-electron chi connectivity index (χ1n) is 8.35. The molecule has 2 rings (SSSR count). The first-order chi connectivity index (χ1) is 11.5. The van der Waals surface area contributed by atoms with Crippen LogP contribution in [0.3, 0.4) is 0 Å². The molecule has 0 bridgehead atoms. The van der Waals surface area contributed by atoms with E-state index >= 15 is 0 Å². The van der Waals surface area contributed by atoms with Gasteiger partial charge in [0.15, 0.2) is 15.8 Å². The highest BCUT2D eigenvalue weighted by Gasteiger charge is 2.15. The molecular weight excluding hydrogens is 469 g/mol.